The number of benzene rings is 2. The summed E-state index contributed by atoms with van der Waals surface area (Å²) in [6, 6.07) is 13.7. The van der Waals surface area contributed by atoms with Crippen LogP contribution in [-0.2, 0) is 0 Å². The fourth-order valence-electron chi connectivity index (χ4n) is 2.35. The number of hydrogen-bond donors (Lipinski definition) is 1. The molecule has 3 rings (SSSR count). The van der Waals surface area contributed by atoms with Gasteiger partial charge < -0.3 is 10.5 Å². The molecule has 20 heavy (non-hydrogen) atoms. The second-order valence-electron chi connectivity index (χ2n) is 4.46. The maximum absolute atomic E-state index is 6.09. The van der Waals surface area contributed by atoms with Crippen molar-refractivity contribution in [1.82, 2.24) is 4.98 Å². The normalized spacial score (nSPS) is 10.7. The van der Waals surface area contributed by atoms with Crippen LogP contribution in [0.4, 0.5) is 5.69 Å². The Bertz CT molecular complexity index is 787. The molecule has 100 valence electrons. The lowest BCUT2D eigenvalue weighted by Gasteiger charge is -2.14. The van der Waals surface area contributed by atoms with E-state index in [4.69, 9.17) is 22.1 Å². The third-order valence-corrected chi connectivity index (χ3v) is 3.49. The van der Waals surface area contributed by atoms with Gasteiger partial charge in [-0.05, 0) is 22.9 Å². The molecule has 0 atom stereocenters. The van der Waals surface area contributed by atoms with Crippen molar-refractivity contribution in [3.8, 4) is 16.9 Å². The van der Waals surface area contributed by atoms with Crippen molar-refractivity contribution in [1.29, 1.82) is 0 Å². The molecule has 2 N–H and O–H groups in total. The van der Waals surface area contributed by atoms with Gasteiger partial charge in [-0.3, -0.25) is 0 Å². The van der Waals surface area contributed by atoms with Gasteiger partial charge in [0, 0.05) is 23.0 Å². The first kappa shape index (κ1) is 12.8. The lowest BCUT2D eigenvalue weighted by Crippen LogP contribution is -1.95. The molecule has 0 spiro atoms. The minimum Gasteiger partial charge on any atom is -0.496 e. The number of aromatic nitrogens is 1. The topological polar surface area (TPSA) is 48.1 Å². The van der Waals surface area contributed by atoms with Gasteiger partial charge in [-0.1, -0.05) is 41.9 Å². The van der Waals surface area contributed by atoms with E-state index in [0.29, 0.717) is 10.8 Å². The summed E-state index contributed by atoms with van der Waals surface area (Å²) in [6.45, 7) is 0. The van der Waals surface area contributed by atoms with E-state index in [1.807, 2.05) is 30.3 Å². The molecule has 0 saturated carbocycles. The molecular formula is C16H13ClN2O. The molecule has 3 nitrogen and oxygen atoms in total. The lowest BCUT2D eigenvalue weighted by atomic mass is 9.97. The van der Waals surface area contributed by atoms with E-state index in [9.17, 15) is 0 Å². The van der Waals surface area contributed by atoms with Crippen LogP contribution in [-0.4, -0.2) is 12.1 Å². The molecule has 0 aliphatic heterocycles. The van der Waals surface area contributed by atoms with E-state index in [1.165, 1.54) is 0 Å². The van der Waals surface area contributed by atoms with Crippen molar-refractivity contribution in [2.24, 2.45) is 0 Å². The van der Waals surface area contributed by atoms with Crippen molar-refractivity contribution >= 4 is 28.1 Å². The number of nitrogens with two attached hydrogens (primary N) is 1. The molecule has 0 aliphatic rings. The Morgan fingerprint density at radius 2 is 1.95 bits per heavy atom. The Kier molecular flexibility index (Phi) is 3.20. The van der Waals surface area contributed by atoms with Crippen molar-refractivity contribution < 1.29 is 4.74 Å². The summed E-state index contributed by atoms with van der Waals surface area (Å²) in [4.78, 5) is 4.13. The number of hydrogen-bond acceptors (Lipinski definition) is 3. The van der Waals surface area contributed by atoms with Gasteiger partial charge >= 0.3 is 0 Å². The molecule has 2 aromatic carbocycles. The molecule has 3 aromatic rings. The number of halogens is 1. The SMILES string of the molecule is COc1ccc2ccccc2c1-c1cnc(Cl)cc1N. The van der Waals surface area contributed by atoms with Gasteiger partial charge in [-0.15, -0.1) is 0 Å². The monoisotopic (exact) mass is 284 g/mol. The molecule has 0 saturated heterocycles. The first-order valence-corrected chi connectivity index (χ1v) is 6.55. The molecule has 4 heteroatoms. The molecule has 0 bridgehead atoms. The predicted molar refractivity (Wildman–Crippen MR) is 83.2 cm³/mol. The van der Waals surface area contributed by atoms with Gasteiger partial charge in [0.2, 0.25) is 0 Å². The van der Waals surface area contributed by atoms with Gasteiger partial charge in [0.25, 0.3) is 0 Å². The van der Waals surface area contributed by atoms with E-state index in [-0.39, 0.29) is 0 Å². The molecule has 1 heterocycles. The third-order valence-electron chi connectivity index (χ3n) is 3.28. The fourth-order valence-corrected chi connectivity index (χ4v) is 2.52. The zero-order chi connectivity index (χ0) is 14.1. The summed E-state index contributed by atoms with van der Waals surface area (Å²) in [5, 5.41) is 2.57. The van der Waals surface area contributed by atoms with Crippen LogP contribution in [0.3, 0.4) is 0 Å². The molecule has 0 aliphatic carbocycles. The molecule has 0 radical (unpaired) electrons. The van der Waals surface area contributed by atoms with E-state index < -0.39 is 0 Å². The smallest absolute Gasteiger partial charge is 0.131 e. The first-order chi connectivity index (χ1) is 9.70. The molecule has 0 fully saturated rings. The maximum atomic E-state index is 6.09. The van der Waals surface area contributed by atoms with Crippen molar-refractivity contribution in [3.05, 3.63) is 53.8 Å². The van der Waals surface area contributed by atoms with Gasteiger partial charge in [-0.2, -0.15) is 0 Å². The predicted octanol–water partition coefficient (Wildman–Crippen LogP) is 4.15. The van der Waals surface area contributed by atoms with Crippen LogP contribution in [0.2, 0.25) is 5.15 Å². The van der Waals surface area contributed by atoms with Gasteiger partial charge in [-0.25, -0.2) is 4.98 Å². The van der Waals surface area contributed by atoms with Gasteiger partial charge in [0.15, 0.2) is 0 Å². The van der Waals surface area contributed by atoms with Crippen LogP contribution in [0.5, 0.6) is 5.75 Å². The summed E-state index contributed by atoms with van der Waals surface area (Å²) in [6.07, 6.45) is 1.68. The average molecular weight is 285 g/mol. The Labute approximate surface area is 122 Å². The van der Waals surface area contributed by atoms with E-state index in [1.54, 1.807) is 19.4 Å². The van der Waals surface area contributed by atoms with Crippen LogP contribution in [0.15, 0.2) is 48.7 Å². The number of ether oxygens (including phenoxy) is 1. The standard InChI is InChI=1S/C16H13ClN2O/c1-20-14-7-6-10-4-2-3-5-11(10)16(14)12-9-19-15(17)8-13(12)18/h2-9H,1H3,(H2,18,19). The minimum absolute atomic E-state index is 0.380. The van der Waals surface area contributed by atoms with Crippen molar-refractivity contribution in [2.75, 3.05) is 12.8 Å². The number of pyridine rings is 1. The Morgan fingerprint density at radius 1 is 1.15 bits per heavy atom. The molecule has 0 amide bonds. The first-order valence-electron chi connectivity index (χ1n) is 6.18. The summed E-state index contributed by atoms with van der Waals surface area (Å²) in [5.74, 6) is 0.763. The van der Waals surface area contributed by atoms with Crippen LogP contribution < -0.4 is 10.5 Å². The summed E-state index contributed by atoms with van der Waals surface area (Å²) >= 11 is 5.87. The largest absolute Gasteiger partial charge is 0.496 e. The summed E-state index contributed by atoms with van der Waals surface area (Å²) in [5.41, 5.74) is 8.43. The van der Waals surface area contributed by atoms with E-state index >= 15 is 0 Å². The highest BCUT2D eigenvalue weighted by Gasteiger charge is 2.13. The van der Waals surface area contributed by atoms with E-state index in [2.05, 4.69) is 11.1 Å². The zero-order valence-electron chi connectivity index (χ0n) is 10.9. The minimum atomic E-state index is 0.380. The number of rotatable bonds is 2. The number of methoxy groups -OCH3 is 1. The maximum Gasteiger partial charge on any atom is 0.131 e. The fraction of sp³-hybridized carbons (Fsp3) is 0.0625. The Balaban J connectivity index is 2.38. The van der Waals surface area contributed by atoms with Gasteiger partial charge in [0.1, 0.15) is 10.9 Å². The molecular weight excluding hydrogens is 272 g/mol. The Hall–Kier alpha value is -2.26. The number of fused-ring (bicyclic) bond motifs is 1. The zero-order valence-corrected chi connectivity index (χ0v) is 11.7. The van der Waals surface area contributed by atoms with Crippen molar-refractivity contribution in [2.45, 2.75) is 0 Å². The highest BCUT2D eigenvalue weighted by atomic mass is 35.5. The van der Waals surface area contributed by atoms with Crippen molar-refractivity contribution in [3.63, 3.8) is 0 Å². The van der Waals surface area contributed by atoms with Crippen LogP contribution in [0.1, 0.15) is 0 Å². The average Bonchev–Trinajstić information content (AvgIpc) is 2.46. The quantitative estimate of drug-likeness (QED) is 0.719. The second-order valence-corrected chi connectivity index (χ2v) is 4.85. The molecule has 1 aromatic heterocycles. The Morgan fingerprint density at radius 3 is 2.70 bits per heavy atom. The number of nitrogens with zero attached hydrogens (tertiary/aromatic N) is 1. The van der Waals surface area contributed by atoms with Crippen LogP contribution >= 0.6 is 11.6 Å². The van der Waals surface area contributed by atoms with Crippen LogP contribution in [0.25, 0.3) is 21.9 Å². The van der Waals surface area contributed by atoms with Gasteiger partial charge in [0.05, 0.1) is 7.11 Å². The highest BCUT2D eigenvalue weighted by molar-refractivity contribution is 6.29. The molecule has 0 unspecified atom stereocenters. The number of anilines is 1. The van der Waals surface area contributed by atoms with Crippen LogP contribution in [0, 0.1) is 0 Å². The highest BCUT2D eigenvalue weighted by Crippen LogP contribution is 2.39. The third kappa shape index (κ3) is 2.06. The lowest BCUT2D eigenvalue weighted by molar-refractivity contribution is 0.417. The summed E-state index contributed by atoms with van der Waals surface area (Å²) < 4.78 is 5.48. The second kappa shape index (κ2) is 5.02. The summed E-state index contributed by atoms with van der Waals surface area (Å²) in [7, 11) is 1.65. The van der Waals surface area contributed by atoms with E-state index in [0.717, 1.165) is 27.6 Å². The number of nitrogen functional groups attached to an aromatic ring is 1.